The molecule has 3 nitrogen and oxygen atoms in total. The van der Waals surface area contributed by atoms with Crippen molar-refractivity contribution in [3.63, 3.8) is 0 Å². The van der Waals surface area contributed by atoms with Crippen molar-refractivity contribution in [3.05, 3.63) is 57.2 Å². The van der Waals surface area contributed by atoms with Gasteiger partial charge in [0.15, 0.2) is 0 Å². The van der Waals surface area contributed by atoms with Crippen molar-refractivity contribution in [2.45, 2.75) is 19.4 Å². The fraction of sp³-hybridized carbons (Fsp3) is 0.200. The molecule has 1 aliphatic heterocycles. The lowest BCUT2D eigenvalue weighted by molar-refractivity contribution is -0.130. The fourth-order valence-electron chi connectivity index (χ4n) is 2.34. The lowest BCUT2D eigenvalue weighted by Crippen LogP contribution is -2.24. The van der Waals surface area contributed by atoms with Gasteiger partial charge in [-0.1, -0.05) is 29.8 Å². The van der Waals surface area contributed by atoms with Crippen molar-refractivity contribution in [2.24, 2.45) is 5.10 Å². The van der Waals surface area contributed by atoms with Crippen molar-refractivity contribution in [2.75, 3.05) is 0 Å². The molecule has 102 valence electrons. The summed E-state index contributed by atoms with van der Waals surface area (Å²) < 4.78 is 0. The molecule has 0 saturated carbocycles. The lowest BCUT2D eigenvalue weighted by atomic mass is 10.0. The fourth-order valence-corrected chi connectivity index (χ4v) is 3.18. The molecule has 0 aliphatic carbocycles. The number of hydrogen-bond acceptors (Lipinski definition) is 3. The topological polar surface area (TPSA) is 32.7 Å². The third-order valence-corrected chi connectivity index (χ3v) is 4.46. The van der Waals surface area contributed by atoms with Gasteiger partial charge in [0.25, 0.3) is 0 Å². The number of nitrogens with zero attached hydrogens (tertiary/aromatic N) is 2. The van der Waals surface area contributed by atoms with E-state index in [-0.39, 0.29) is 11.9 Å². The number of hydrazone groups is 1. The normalized spacial score (nSPS) is 18.2. The summed E-state index contributed by atoms with van der Waals surface area (Å²) in [5, 5.41) is 8.77. The molecule has 1 atom stereocenters. The summed E-state index contributed by atoms with van der Waals surface area (Å²) >= 11 is 7.56. The van der Waals surface area contributed by atoms with Crippen LogP contribution >= 0.6 is 22.9 Å². The summed E-state index contributed by atoms with van der Waals surface area (Å²) in [4.78, 5) is 12.9. The van der Waals surface area contributed by atoms with Crippen LogP contribution in [-0.4, -0.2) is 16.6 Å². The Bertz CT molecular complexity index is 649. The highest BCUT2D eigenvalue weighted by molar-refractivity contribution is 7.12. The van der Waals surface area contributed by atoms with Crippen LogP contribution < -0.4 is 0 Å². The average molecular weight is 305 g/mol. The number of halogens is 1. The maximum Gasteiger partial charge on any atom is 0.240 e. The van der Waals surface area contributed by atoms with Gasteiger partial charge in [-0.15, -0.1) is 11.3 Å². The van der Waals surface area contributed by atoms with E-state index >= 15 is 0 Å². The van der Waals surface area contributed by atoms with Gasteiger partial charge in [-0.2, -0.15) is 5.10 Å². The molecule has 5 heteroatoms. The predicted molar refractivity (Wildman–Crippen MR) is 82.2 cm³/mol. The molecule has 2 heterocycles. The molecule has 0 fully saturated rings. The molecule has 0 saturated heterocycles. The minimum absolute atomic E-state index is 0.0399. The van der Waals surface area contributed by atoms with Crippen LogP contribution in [-0.2, 0) is 4.79 Å². The van der Waals surface area contributed by atoms with Crippen LogP contribution in [0.25, 0.3) is 0 Å². The van der Waals surface area contributed by atoms with Crippen LogP contribution in [0.1, 0.15) is 29.8 Å². The average Bonchev–Trinajstić information content (AvgIpc) is 3.08. The van der Waals surface area contributed by atoms with E-state index in [2.05, 4.69) is 5.10 Å². The first-order chi connectivity index (χ1) is 9.65. The molecule has 2 aromatic rings. The predicted octanol–water partition coefficient (Wildman–Crippen LogP) is 4.10. The quantitative estimate of drug-likeness (QED) is 0.822. The molecular weight excluding hydrogens is 292 g/mol. The first-order valence-corrected chi connectivity index (χ1v) is 7.57. The first kappa shape index (κ1) is 13.3. The monoisotopic (exact) mass is 304 g/mol. The summed E-state index contributed by atoms with van der Waals surface area (Å²) in [6.07, 6.45) is 0.738. The zero-order valence-corrected chi connectivity index (χ0v) is 12.5. The molecule has 1 amide bonds. The van der Waals surface area contributed by atoms with E-state index in [4.69, 9.17) is 11.6 Å². The second-order valence-corrected chi connectivity index (χ2v) is 6.04. The molecule has 1 aliphatic rings. The van der Waals surface area contributed by atoms with Gasteiger partial charge < -0.3 is 0 Å². The van der Waals surface area contributed by atoms with Gasteiger partial charge in [-0.05, 0) is 29.1 Å². The maximum atomic E-state index is 11.8. The molecule has 1 aromatic heterocycles. The standard InChI is InChI=1S/C15H13ClN2OS/c1-10(19)18-14(11-4-6-12(16)7-5-11)9-13(17-18)15-3-2-8-20-15/h2-8,14H,9H2,1H3. The van der Waals surface area contributed by atoms with Crippen molar-refractivity contribution in [1.82, 2.24) is 5.01 Å². The van der Waals surface area contributed by atoms with Gasteiger partial charge in [0, 0.05) is 18.4 Å². The molecule has 0 bridgehead atoms. The Morgan fingerprint density at radius 1 is 1.35 bits per heavy atom. The minimum Gasteiger partial charge on any atom is -0.273 e. The van der Waals surface area contributed by atoms with E-state index < -0.39 is 0 Å². The van der Waals surface area contributed by atoms with Gasteiger partial charge in [-0.3, -0.25) is 4.79 Å². The SMILES string of the molecule is CC(=O)N1N=C(c2cccs2)CC1c1ccc(Cl)cc1. The summed E-state index contributed by atoms with van der Waals surface area (Å²) in [7, 11) is 0. The van der Waals surface area contributed by atoms with E-state index in [9.17, 15) is 4.79 Å². The Balaban J connectivity index is 1.93. The summed E-state index contributed by atoms with van der Waals surface area (Å²) in [6, 6.07) is 11.6. The van der Waals surface area contributed by atoms with Crippen LogP contribution in [0.3, 0.4) is 0 Å². The van der Waals surface area contributed by atoms with Crippen LogP contribution in [0, 0.1) is 0 Å². The van der Waals surface area contributed by atoms with E-state index in [0.717, 1.165) is 22.6 Å². The van der Waals surface area contributed by atoms with Gasteiger partial charge in [-0.25, -0.2) is 5.01 Å². The second-order valence-electron chi connectivity index (χ2n) is 4.66. The number of carbonyl (C=O) groups excluding carboxylic acids is 1. The molecule has 1 unspecified atom stereocenters. The number of benzene rings is 1. The largest absolute Gasteiger partial charge is 0.273 e. The second kappa shape index (κ2) is 5.38. The van der Waals surface area contributed by atoms with Gasteiger partial charge in [0.05, 0.1) is 16.6 Å². The van der Waals surface area contributed by atoms with Crippen molar-refractivity contribution < 1.29 is 4.79 Å². The molecular formula is C15H13ClN2OS. The molecule has 3 rings (SSSR count). The Hall–Kier alpha value is -1.65. The highest BCUT2D eigenvalue weighted by Crippen LogP contribution is 2.34. The molecule has 1 aromatic carbocycles. The van der Waals surface area contributed by atoms with Crippen LogP contribution in [0.15, 0.2) is 46.9 Å². The Morgan fingerprint density at radius 2 is 2.10 bits per heavy atom. The summed E-state index contributed by atoms with van der Waals surface area (Å²) in [5.74, 6) is -0.0449. The van der Waals surface area contributed by atoms with Crippen molar-refractivity contribution in [1.29, 1.82) is 0 Å². The molecule has 20 heavy (non-hydrogen) atoms. The van der Waals surface area contributed by atoms with E-state index in [1.54, 1.807) is 23.3 Å². The van der Waals surface area contributed by atoms with Gasteiger partial charge >= 0.3 is 0 Å². The van der Waals surface area contributed by atoms with E-state index in [0.29, 0.717) is 5.02 Å². The third kappa shape index (κ3) is 2.49. The zero-order valence-electron chi connectivity index (χ0n) is 10.9. The van der Waals surface area contributed by atoms with E-state index in [1.807, 2.05) is 41.8 Å². The van der Waals surface area contributed by atoms with Crippen LogP contribution in [0.2, 0.25) is 5.02 Å². The molecule has 0 spiro atoms. The summed E-state index contributed by atoms with van der Waals surface area (Å²) in [5.41, 5.74) is 2.02. The van der Waals surface area contributed by atoms with Gasteiger partial charge in [0.1, 0.15) is 0 Å². The zero-order chi connectivity index (χ0) is 14.1. The van der Waals surface area contributed by atoms with E-state index in [1.165, 1.54) is 0 Å². The highest BCUT2D eigenvalue weighted by atomic mass is 35.5. The lowest BCUT2D eigenvalue weighted by Gasteiger charge is -2.20. The van der Waals surface area contributed by atoms with Crippen molar-refractivity contribution >= 4 is 34.6 Å². The number of rotatable bonds is 2. The molecule has 0 N–H and O–H groups in total. The number of thiophene rings is 1. The smallest absolute Gasteiger partial charge is 0.240 e. The first-order valence-electron chi connectivity index (χ1n) is 6.32. The van der Waals surface area contributed by atoms with Crippen LogP contribution in [0.4, 0.5) is 0 Å². The molecule has 0 radical (unpaired) electrons. The highest BCUT2D eigenvalue weighted by Gasteiger charge is 2.31. The minimum atomic E-state index is -0.0449. The Labute approximate surface area is 126 Å². The number of hydrogen-bond donors (Lipinski definition) is 0. The Morgan fingerprint density at radius 3 is 2.70 bits per heavy atom. The maximum absolute atomic E-state index is 11.8. The van der Waals surface area contributed by atoms with Crippen LogP contribution in [0.5, 0.6) is 0 Å². The van der Waals surface area contributed by atoms with Crippen molar-refractivity contribution in [3.8, 4) is 0 Å². The number of carbonyl (C=O) groups is 1. The van der Waals surface area contributed by atoms with Gasteiger partial charge in [0.2, 0.25) is 5.91 Å². The number of amides is 1. The third-order valence-electron chi connectivity index (χ3n) is 3.29. The Kier molecular flexibility index (Phi) is 3.59. The summed E-state index contributed by atoms with van der Waals surface area (Å²) in [6.45, 7) is 1.55.